The fraction of sp³-hybridized carbons (Fsp3) is 0.633. The van der Waals surface area contributed by atoms with Crippen LogP contribution in [0, 0.1) is 64.1 Å². The predicted octanol–water partition coefficient (Wildman–Crippen LogP) is 6.07. The van der Waals surface area contributed by atoms with Crippen LogP contribution in [0.25, 0.3) is 6.08 Å². The molecule has 14 heteroatoms. The van der Waals surface area contributed by atoms with E-state index in [9.17, 15) is 40.5 Å². The SMILES string of the molecule is COc1cc(/C=C(\C[C@H]2c3cc(CCO)ccc3CC[C@@H]2CO)C(=O)O[C@@H]2[C@H](OC(=O)CC[C@@H]3[C@@H]4C=C[C@]56CC[C@@H](C(C)C)[C@@H]7CC[C@]35[C@H](C=C[C@@H]6[C@@H]4C)[C@H]7O)[C@@H](O)[C@H]3O[C@]2(O)C=C[C@@H]3NC[C@H](C)O)ccc1O. The minimum absolute atomic E-state index is 0.0159. The Balaban J connectivity index is 0.971. The largest absolute Gasteiger partial charge is 0.504 e. The summed E-state index contributed by atoms with van der Waals surface area (Å²) in [5, 5.41) is 81.7. The molecule has 5 fully saturated rings. The number of aliphatic hydroxyl groups excluding tert-OH is 5. The molecule has 0 unspecified atom stereocenters. The molecule has 402 valence electrons. The second-order valence-electron chi connectivity index (χ2n) is 23.7. The number of phenolic OH excluding ortho intramolecular Hbond substituents is 1. The van der Waals surface area contributed by atoms with E-state index in [1.807, 2.05) is 18.2 Å². The van der Waals surface area contributed by atoms with Crippen LogP contribution in [-0.2, 0) is 36.6 Å². The van der Waals surface area contributed by atoms with Gasteiger partial charge in [-0.15, -0.1) is 0 Å². The van der Waals surface area contributed by atoms with E-state index in [1.165, 1.54) is 19.3 Å². The first kappa shape index (κ1) is 53.0. The standard InChI is InChI=1S/C60H79NO13/c1-32(2)40-16-21-58-22-17-41-34(4)45(58)11-12-47-52(67)42(40)18-23-59(47,58)46(41)13-15-51(66)72-55-53(68)54-48(61-30-33(3)64)19-24-60(70,74-54)56(55)73-57(69)39(26-36-7-14-49(65)50(28-36)71-5)29-44-38(31-63)10-9-37-8-6-35(20-25-62)27-43(37)44/h6-8,11-12,14,17,19,22,24,26-28,32-34,38,40-42,44-48,52-56,61-65,67-68,70H,9-10,13,15-16,18,20-21,23,25,29-31H2,1-5H3/b39-26+/t33-,34+,38+,40-,41+,42-,44+,45+,46+,47+,48-,52-,53-,54-,55+,56+,58-,59+,60+/m0/s1. The molecule has 0 amide bonds. The third-order valence-corrected chi connectivity index (χ3v) is 19.7. The van der Waals surface area contributed by atoms with E-state index < -0.39 is 60.4 Å². The molecule has 14 nitrogen and oxygen atoms in total. The van der Waals surface area contributed by atoms with E-state index >= 15 is 4.79 Å². The first-order chi connectivity index (χ1) is 35.5. The number of nitrogens with one attached hydrogen (secondary N) is 1. The quantitative estimate of drug-likeness (QED) is 0.0512. The average Bonchev–Trinajstić information content (AvgIpc) is 3.46. The molecule has 0 aromatic heterocycles. The molecule has 19 atom stereocenters. The molecule has 8 aliphatic carbocycles. The number of rotatable bonds is 17. The lowest BCUT2D eigenvalue weighted by Gasteiger charge is -2.74. The number of phenols is 1. The normalized spacial score (nSPS) is 39.8. The number of carbonyl (C=O) groups excluding carboxylic acids is 2. The lowest BCUT2D eigenvalue weighted by molar-refractivity contribution is -0.333. The van der Waals surface area contributed by atoms with Gasteiger partial charge >= 0.3 is 11.9 Å². The number of carbonyl (C=O) groups is 2. The van der Waals surface area contributed by atoms with Gasteiger partial charge in [0, 0.05) is 43.1 Å². The van der Waals surface area contributed by atoms with Gasteiger partial charge in [0.15, 0.2) is 23.7 Å². The minimum atomic E-state index is -2.37. The number of hydrogen-bond donors (Lipinski definition) is 8. The maximum absolute atomic E-state index is 15.2. The Morgan fingerprint density at radius 3 is 2.49 bits per heavy atom. The molecular weight excluding hydrogens is 943 g/mol. The number of esters is 2. The van der Waals surface area contributed by atoms with Gasteiger partial charge < -0.3 is 60.0 Å². The number of allylic oxidation sites excluding steroid dienone is 3. The zero-order chi connectivity index (χ0) is 52.4. The highest BCUT2D eigenvalue weighted by Gasteiger charge is 2.72. The van der Waals surface area contributed by atoms with Crippen molar-refractivity contribution in [2.45, 2.75) is 146 Å². The molecule has 8 N–H and O–H groups in total. The van der Waals surface area contributed by atoms with Gasteiger partial charge in [0.25, 0.3) is 0 Å². The Bertz CT molecular complexity index is 2540. The van der Waals surface area contributed by atoms with E-state index in [2.05, 4.69) is 50.4 Å². The molecule has 12 rings (SSSR count). The van der Waals surface area contributed by atoms with Crippen LogP contribution in [0.2, 0.25) is 0 Å². The number of methoxy groups -OCH3 is 1. The number of aryl methyl sites for hydroxylation is 1. The highest BCUT2D eigenvalue weighted by molar-refractivity contribution is 5.94. The number of hydrogen-bond acceptors (Lipinski definition) is 14. The molecule has 0 radical (unpaired) electrons. The predicted molar refractivity (Wildman–Crippen MR) is 276 cm³/mol. The van der Waals surface area contributed by atoms with Crippen LogP contribution in [0.5, 0.6) is 11.5 Å². The van der Waals surface area contributed by atoms with Gasteiger partial charge in [0.2, 0.25) is 5.79 Å². The molecular formula is C60H79NO13. The van der Waals surface area contributed by atoms with Crippen LogP contribution in [-0.4, -0.2) is 123 Å². The Morgan fingerprint density at radius 1 is 0.946 bits per heavy atom. The fourth-order valence-electron chi connectivity index (χ4n) is 16.3. The Hall–Kier alpha value is -4.38. The monoisotopic (exact) mass is 1020 g/mol. The number of benzene rings is 2. The van der Waals surface area contributed by atoms with Crippen LogP contribution in [0.4, 0.5) is 0 Å². The summed E-state index contributed by atoms with van der Waals surface area (Å²) in [7, 11) is 1.42. The number of ether oxygens (including phenoxy) is 4. The van der Waals surface area contributed by atoms with Crippen LogP contribution in [0.15, 0.2) is 78.4 Å². The Kier molecular flexibility index (Phi) is 15.0. The van der Waals surface area contributed by atoms with E-state index in [1.54, 1.807) is 31.2 Å². The van der Waals surface area contributed by atoms with E-state index in [0.717, 1.165) is 42.4 Å². The third kappa shape index (κ3) is 9.00. The first-order valence-electron chi connectivity index (χ1n) is 27.5. The molecule has 2 aromatic carbocycles. The second kappa shape index (κ2) is 20.9. The van der Waals surface area contributed by atoms with E-state index in [0.29, 0.717) is 54.9 Å². The van der Waals surface area contributed by atoms with Crippen molar-refractivity contribution in [3.05, 3.63) is 101 Å². The van der Waals surface area contributed by atoms with Crippen LogP contribution in [0.1, 0.15) is 107 Å². The molecule has 10 aliphatic rings. The summed E-state index contributed by atoms with van der Waals surface area (Å²) < 4.78 is 24.4. The van der Waals surface area contributed by atoms with Gasteiger partial charge in [-0.1, -0.05) is 75.4 Å². The van der Waals surface area contributed by atoms with Gasteiger partial charge in [-0.2, -0.15) is 0 Å². The topological polar surface area (TPSA) is 225 Å². The van der Waals surface area contributed by atoms with Crippen LogP contribution in [0.3, 0.4) is 0 Å². The van der Waals surface area contributed by atoms with Gasteiger partial charge in [0.05, 0.1) is 25.4 Å². The molecule has 1 saturated heterocycles. The second-order valence-corrected chi connectivity index (χ2v) is 23.7. The summed E-state index contributed by atoms with van der Waals surface area (Å²) in [5.74, 6) is -2.50. The maximum atomic E-state index is 15.2. The average molecular weight is 1020 g/mol. The van der Waals surface area contributed by atoms with Gasteiger partial charge in [-0.3, -0.25) is 4.79 Å². The zero-order valence-corrected chi connectivity index (χ0v) is 43.6. The van der Waals surface area contributed by atoms with Crippen molar-refractivity contribution in [3.8, 4) is 11.5 Å². The van der Waals surface area contributed by atoms with E-state index in [-0.39, 0.29) is 96.0 Å². The fourth-order valence-corrected chi connectivity index (χ4v) is 16.3. The van der Waals surface area contributed by atoms with Crippen LogP contribution < -0.4 is 10.1 Å². The number of aromatic hydroxyl groups is 1. The highest BCUT2D eigenvalue weighted by Crippen LogP contribution is 2.77. The van der Waals surface area contributed by atoms with Crippen molar-refractivity contribution in [3.63, 3.8) is 0 Å². The number of aliphatic hydroxyl groups is 6. The Morgan fingerprint density at radius 2 is 1.74 bits per heavy atom. The van der Waals surface area contributed by atoms with Crippen molar-refractivity contribution >= 4 is 18.0 Å². The molecule has 74 heavy (non-hydrogen) atoms. The van der Waals surface area contributed by atoms with Crippen LogP contribution >= 0.6 is 0 Å². The van der Waals surface area contributed by atoms with Crippen molar-refractivity contribution in [2.24, 2.45) is 64.1 Å². The first-order valence-corrected chi connectivity index (χ1v) is 27.5. The highest BCUT2D eigenvalue weighted by atomic mass is 16.7. The maximum Gasteiger partial charge on any atom is 0.334 e. The van der Waals surface area contributed by atoms with E-state index in [4.69, 9.17) is 18.9 Å². The zero-order valence-electron chi connectivity index (χ0n) is 43.6. The van der Waals surface area contributed by atoms with Crippen molar-refractivity contribution in [1.82, 2.24) is 5.32 Å². The summed E-state index contributed by atoms with van der Waals surface area (Å²) in [4.78, 5) is 29.9. The third-order valence-electron chi connectivity index (χ3n) is 19.7. The molecule has 4 saturated carbocycles. The summed E-state index contributed by atoms with van der Waals surface area (Å²) in [6, 6.07) is 9.94. The summed E-state index contributed by atoms with van der Waals surface area (Å²) >= 11 is 0. The van der Waals surface area contributed by atoms with Gasteiger partial charge in [-0.05, 0) is 170 Å². The molecule has 2 aromatic rings. The lowest BCUT2D eigenvalue weighted by Crippen LogP contribution is -2.71. The number of fused-ring (bicyclic) bond motifs is 6. The summed E-state index contributed by atoms with van der Waals surface area (Å²) in [6.45, 7) is 8.45. The molecule has 2 spiro atoms. The molecule has 2 aliphatic heterocycles. The van der Waals surface area contributed by atoms with Gasteiger partial charge in [0.1, 0.15) is 12.2 Å². The van der Waals surface area contributed by atoms with Crippen molar-refractivity contribution in [1.29, 1.82) is 0 Å². The molecule has 2 heterocycles. The summed E-state index contributed by atoms with van der Waals surface area (Å²) in [5.41, 5.74) is 3.12. The van der Waals surface area contributed by atoms with Crippen molar-refractivity contribution in [2.75, 3.05) is 26.9 Å². The lowest BCUT2D eigenvalue weighted by atomic mass is 9.30. The minimum Gasteiger partial charge on any atom is -0.504 e. The van der Waals surface area contributed by atoms with Crippen molar-refractivity contribution < 1.29 is 64.3 Å². The molecule has 8 bridgehead atoms. The smallest absolute Gasteiger partial charge is 0.334 e. The summed E-state index contributed by atoms with van der Waals surface area (Å²) in [6.07, 6.45) is 13.1. The van der Waals surface area contributed by atoms with Gasteiger partial charge in [-0.25, -0.2) is 4.79 Å². The Labute approximate surface area is 435 Å².